The first-order chi connectivity index (χ1) is 10.9. The predicted octanol–water partition coefficient (Wildman–Crippen LogP) is 0.926. The third-order valence-electron chi connectivity index (χ3n) is 2.77. The van der Waals surface area contributed by atoms with Crippen molar-refractivity contribution >= 4 is 11.9 Å². The Labute approximate surface area is 136 Å². The van der Waals surface area contributed by atoms with Crippen molar-refractivity contribution in [3.63, 3.8) is 0 Å². The quantitative estimate of drug-likeness (QED) is 0.223. The van der Waals surface area contributed by atoms with E-state index in [2.05, 4.69) is 13.2 Å². The van der Waals surface area contributed by atoms with E-state index in [1.807, 2.05) is 0 Å². The molecule has 0 heterocycles. The predicted molar refractivity (Wildman–Crippen MR) is 85.8 cm³/mol. The number of carboxylic acids is 1. The molecule has 0 aromatic rings. The van der Waals surface area contributed by atoms with E-state index in [9.17, 15) is 9.59 Å². The van der Waals surface area contributed by atoms with Gasteiger partial charge >= 0.3 is 11.9 Å². The smallest absolute Gasteiger partial charge is 0.331 e. The molecule has 0 aliphatic rings. The van der Waals surface area contributed by atoms with Crippen molar-refractivity contribution in [3.05, 3.63) is 37.5 Å². The largest absolute Gasteiger partial charge is 0.478 e. The van der Waals surface area contributed by atoms with Gasteiger partial charge in [-0.15, -0.1) is 13.2 Å². The summed E-state index contributed by atoms with van der Waals surface area (Å²) in [5.41, 5.74) is -0.868. The highest BCUT2D eigenvalue weighted by Crippen LogP contribution is 2.20. The Morgan fingerprint density at radius 2 is 1.61 bits per heavy atom. The molecule has 132 valence electrons. The van der Waals surface area contributed by atoms with Gasteiger partial charge in [-0.1, -0.05) is 19.1 Å². The summed E-state index contributed by atoms with van der Waals surface area (Å²) in [7, 11) is 0. The van der Waals surface area contributed by atoms with Gasteiger partial charge in [-0.25, -0.2) is 9.59 Å². The van der Waals surface area contributed by atoms with Gasteiger partial charge in [0.2, 0.25) is 0 Å². The van der Waals surface area contributed by atoms with Crippen LogP contribution in [0.4, 0.5) is 0 Å². The van der Waals surface area contributed by atoms with E-state index in [4.69, 9.17) is 24.8 Å². The first-order valence-electron chi connectivity index (χ1n) is 7.00. The SMILES string of the molecule is C=CCOCC=C.CCC(CO)(CO)COC(=O)/C=C\C(=O)O. The molecule has 0 bridgehead atoms. The lowest BCUT2D eigenvalue weighted by Gasteiger charge is -2.27. The molecule has 23 heavy (non-hydrogen) atoms. The van der Waals surface area contributed by atoms with Crippen LogP contribution in [-0.4, -0.2) is 60.3 Å². The van der Waals surface area contributed by atoms with Crippen molar-refractivity contribution in [3.8, 4) is 0 Å². The van der Waals surface area contributed by atoms with E-state index in [1.54, 1.807) is 19.1 Å². The zero-order valence-corrected chi connectivity index (χ0v) is 13.4. The third kappa shape index (κ3) is 13.4. The molecular weight excluding hydrogens is 304 g/mol. The third-order valence-corrected chi connectivity index (χ3v) is 2.77. The maximum atomic E-state index is 11.0. The second-order valence-electron chi connectivity index (χ2n) is 4.56. The first-order valence-corrected chi connectivity index (χ1v) is 7.00. The van der Waals surface area contributed by atoms with Crippen LogP contribution in [0.1, 0.15) is 13.3 Å². The Bertz CT molecular complexity index is 368. The average molecular weight is 330 g/mol. The molecule has 7 heteroatoms. The van der Waals surface area contributed by atoms with Gasteiger partial charge in [0.25, 0.3) is 0 Å². The molecule has 0 radical (unpaired) electrons. The van der Waals surface area contributed by atoms with Crippen LogP contribution in [0.3, 0.4) is 0 Å². The summed E-state index contributed by atoms with van der Waals surface area (Å²) >= 11 is 0. The fraction of sp³-hybridized carbons (Fsp3) is 0.500. The summed E-state index contributed by atoms with van der Waals surface area (Å²) in [6, 6.07) is 0. The molecule has 0 unspecified atom stereocenters. The average Bonchev–Trinajstić information content (AvgIpc) is 2.56. The number of aliphatic hydroxyl groups excluding tert-OH is 2. The molecule has 0 saturated heterocycles. The van der Waals surface area contributed by atoms with Crippen LogP contribution < -0.4 is 0 Å². The van der Waals surface area contributed by atoms with Crippen LogP contribution in [0.5, 0.6) is 0 Å². The molecule has 0 aromatic carbocycles. The van der Waals surface area contributed by atoms with Gasteiger partial charge in [-0.2, -0.15) is 0 Å². The minimum absolute atomic E-state index is 0.153. The van der Waals surface area contributed by atoms with Crippen LogP contribution in [0.15, 0.2) is 37.5 Å². The maximum absolute atomic E-state index is 11.0. The summed E-state index contributed by atoms with van der Waals surface area (Å²) in [4.78, 5) is 21.1. The molecule has 3 N–H and O–H groups in total. The van der Waals surface area contributed by atoms with Crippen molar-refractivity contribution < 1.29 is 34.4 Å². The minimum atomic E-state index is -1.25. The van der Waals surface area contributed by atoms with Gasteiger partial charge < -0.3 is 24.8 Å². The lowest BCUT2D eigenvalue weighted by atomic mass is 9.88. The number of aliphatic hydroxyl groups is 2. The van der Waals surface area contributed by atoms with Crippen molar-refractivity contribution in [2.45, 2.75) is 13.3 Å². The first kappa shape index (κ1) is 23.3. The standard InChI is InChI=1S/C10H16O6.C6H10O/c1-2-10(5-11,6-12)7-16-9(15)4-3-8(13)14;1-3-5-7-6-4-2/h3-4,11-12H,2,5-7H2,1H3,(H,13,14);3-4H,1-2,5-6H2/b4-3-;. The molecular formula is C16H26O7. The lowest BCUT2D eigenvalue weighted by molar-refractivity contribution is -0.144. The molecule has 0 spiro atoms. The highest BCUT2D eigenvalue weighted by molar-refractivity contribution is 5.90. The molecule has 7 nitrogen and oxygen atoms in total. The number of esters is 1. The normalized spacial score (nSPS) is 10.6. The van der Waals surface area contributed by atoms with E-state index >= 15 is 0 Å². The van der Waals surface area contributed by atoms with Gasteiger partial charge in [-0.3, -0.25) is 0 Å². The van der Waals surface area contributed by atoms with E-state index in [0.717, 1.165) is 6.08 Å². The molecule has 0 aromatic heterocycles. The number of rotatable bonds is 11. The number of hydrogen-bond acceptors (Lipinski definition) is 6. The second-order valence-corrected chi connectivity index (χ2v) is 4.56. The number of carboxylic acid groups (broad SMARTS) is 1. The Kier molecular flexibility index (Phi) is 15.2. The second kappa shape index (κ2) is 15.0. The molecule has 0 amide bonds. The fourth-order valence-electron chi connectivity index (χ4n) is 1.11. The van der Waals surface area contributed by atoms with Crippen molar-refractivity contribution in [1.82, 2.24) is 0 Å². The van der Waals surface area contributed by atoms with E-state index < -0.39 is 17.4 Å². The summed E-state index contributed by atoms with van der Waals surface area (Å²) in [6.07, 6.45) is 5.30. The van der Waals surface area contributed by atoms with E-state index in [-0.39, 0.29) is 19.8 Å². The summed E-state index contributed by atoms with van der Waals surface area (Å²) in [6.45, 7) is 9.15. The van der Waals surface area contributed by atoms with Gasteiger partial charge in [-0.05, 0) is 6.42 Å². The minimum Gasteiger partial charge on any atom is -0.478 e. The molecule has 0 rings (SSSR count). The summed E-state index contributed by atoms with van der Waals surface area (Å²) < 4.78 is 9.62. The number of aliphatic carboxylic acids is 1. The van der Waals surface area contributed by atoms with Crippen LogP contribution in [0.25, 0.3) is 0 Å². The monoisotopic (exact) mass is 330 g/mol. The Morgan fingerprint density at radius 1 is 1.09 bits per heavy atom. The van der Waals surface area contributed by atoms with Gasteiger partial charge in [0.1, 0.15) is 6.61 Å². The van der Waals surface area contributed by atoms with Gasteiger partial charge in [0.15, 0.2) is 0 Å². The highest BCUT2D eigenvalue weighted by atomic mass is 16.5. The zero-order chi connectivity index (χ0) is 18.1. The van der Waals surface area contributed by atoms with Crippen LogP contribution in [0.2, 0.25) is 0 Å². The van der Waals surface area contributed by atoms with Gasteiger partial charge in [0, 0.05) is 12.2 Å². The maximum Gasteiger partial charge on any atom is 0.331 e. The molecule has 0 aliphatic carbocycles. The Hall–Kier alpha value is -1.96. The summed E-state index contributed by atoms with van der Waals surface area (Å²) in [5, 5.41) is 26.3. The van der Waals surface area contributed by atoms with Crippen LogP contribution >= 0.6 is 0 Å². The zero-order valence-electron chi connectivity index (χ0n) is 13.4. The fourth-order valence-corrected chi connectivity index (χ4v) is 1.11. The van der Waals surface area contributed by atoms with Gasteiger partial charge in [0.05, 0.1) is 31.8 Å². The van der Waals surface area contributed by atoms with Crippen molar-refractivity contribution in [1.29, 1.82) is 0 Å². The number of ether oxygens (including phenoxy) is 2. The highest BCUT2D eigenvalue weighted by Gasteiger charge is 2.28. The van der Waals surface area contributed by atoms with E-state index in [1.165, 1.54) is 0 Å². The Morgan fingerprint density at radius 3 is 1.96 bits per heavy atom. The molecule has 0 atom stereocenters. The topological polar surface area (TPSA) is 113 Å². The molecule has 0 saturated carbocycles. The lowest BCUT2D eigenvalue weighted by Crippen LogP contribution is -2.35. The van der Waals surface area contributed by atoms with Crippen LogP contribution in [-0.2, 0) is 19.1 Å². The molecule has 0 fully saturated rings. The van der Waals surface area contributed by atoms with Crippen molar-refractivity contribution in [2.24, 2.45) is 5.41 Å². The Balaban J connectivity index is 0. The van der Waals surface area contributed by atoms with Crippen molar-refractivity contribution in [2.75, 3.05) is 33.0 Å². The number of carbonyl (C=O) groups excluding carboxylic acids is 1. The van der Waals surface area contributed by atoms with Crippen LogP contribution in [0, 0.1) is 5.41 Å². The number of hydrogen-bond donors (Lipinski definition) is 3. The van der Waals surface area contributed by atoms with E-state index in [0.29, 0.717) is 25.7 Å². The summed E-state index contributed by atoms with van der Waals surface area (Å²) in [5.74, 6) is -2.06. The number of carbonyl (C=O) groups is 2. The molecule has 0 aliphatic heterocycles.